The van der Waals surface area contributed by atoms with E-state index in [1.165, 1.54) is 36.4 Å². The molecule has 0 amide bonds. The van der Waals surface area contributed by atoms with Gasteiger partial charge in [-0.3, -0.25) is 14.6 Å². The smallest absolute Gasteiger partial charge is 0.549 e. The van der Waals surface area contributed by atoms with E-state index in [4.69, 9.17) is 4.42 Å². The fourth-order valence-corrected chi connectivity index (χ4v) is 5.02. The SMILES string of the molecule is O=C([O-])CN(CC(=O)[O-])Cc1cc2c(-c3ccccc3C(=O)O)c3cc(CN(CC(=O)[O-])CC(=O)[O-])c(=O)cc-3oc2cc1O.[Na+].[Na+].[Na+].[Na+]. The molecule has 2 N–H and O–H groups in total. The first-order chi connectivity index (χ1) is 21.2. The second kappa shape index (κ2) is 20.9. The Bertz CT molecular complexity index is 1850. The number of carboxylic acid groups (broad SMARTS) is 5. The molecule has 1 aliphatic carbocycles. The molecule has 2 aliphatic rings. The van der Waals surface area contributed by atoms with Crippen molar-refractivity contribution in [2.45, 2.75) is 13.1 Å². The average Bonchev–Trinajstić information content (AvgIpc) is 2.91. The summed E-state index contributed by atoms with van der Waals surface area (Å²) in [5, 5.41) is 65.8. The van der Waals surface area contributed by atoms with Gasteiger partial charge in [-0.25, -0.2) is 4.79 Å². The van der Waals surface area contributed by atoms with Gasteiger partial charge in [0.15, 0.2) is 5.43 Å². The summed E-state index contributed by atoms with van der Waals surface area (Å²) in [5.74, 6) is -8.25. The van der Waals surface area contributed by atoms with Gasteiger partial charge in [0.1, 0.15) is 17.1 Å². The number of phenolic OH excluding ortho intramolecular Hbond substituents is 1. The molecule has 15 nitrogen and oxygen atoms in total. The third-order valence-corrected chi connectivity index (χ3v) is 6.73. The molecule has 1 heterocycles. The van der Waals surface area contributed by atoms with Gasteiger partial charge in [0.2, 0.25) is 0 Å². The molecule has 0 bridgehead atoms. The van der Waals surface area contributed by atoms with Crippen LogP contribution in [0.1, 0.15) is 21.5 Å². The summed E-state index contributed by atoms with van der Waals surface area (Å²) < 4.78 is 5.90. The number of rotatable bonds is 14. The van der Waals surface area contributed by atoms with Gasteiger partial charge in [-0.2, -0.15) is 0 Å². The van der Waals surface area contributed by atoms with Crippen molar-refractivity contribution < 1.29 is 177 Å². The maximum absolute atomic E-state index is 13.0. The molecule has 0 fully saturated rings. The minimum Gasteiger partial charge on any atom is -0.549 e. The zero-order valence-electron chi connectivity index (χ0n) is 27.1. The van der Waals surface area contributed by atoms with Gasteiger partial charge in [-0.15, -0.1) is 0 Å². The van der Waals surface area contributed by atoms with Crippen LogP contribution in [-0.2, 0) is 32.3 Å². The minimum atomic E-state index is -1.61. The van der Waals surface area contributed by atoms with Crippen molar-refractivity contribution in [3.63, 3.8) is 0 Å². The molecule has 0 spiro atoms. The first kappa shape index (κ1) is 47.2. The van der Waals surface area contributed by atoms with Crippen molar-refractivity contribution >= 4 is 40.8 Å². The van der Waals surface area contributed by atoms with Crippen LogP contribution in [-0.4, -0.2) is 76.0 Å². The number of aromatic carboxylic acids is 1. The van der Waals surface area contributed by atoms with Gasteiger partial charge in [-0.1, -0.05) is 18.2 Å². The van der Waals surface area contributed by atoms with Crippen molar-refractivity contribution in [2.75, 3.05) is 26.2 Å². The number of hydrogen-bond donors (Lipinski definition) is 2. The number of nitrogens with zero attached hydrogens (tertiary/aromatic N) is 2. The Kier molecular flexibility index (Phi) is 20.1. The Morgan fingerprint density at radius 1 is 0.673 bits per heavy atom. The number of hydrogen-bond acceptors (Lipinski definition) is 14. The molecule has 2 aromatic carbocycles. The topological polar surface area (TPSA) is 255 Å². The van der Waals surface area contributed by atoms with Crippen LogP contribution in [0.15, 0.2) is 57.7 Å². The summed E-state index contributed by atoms with van der Waals surface area (Å²) in [7, 11) is 0. The number of carbonyl (C=O) groups excluding carboxylic acids is 4. The Morgan fingerprint density at radius 3 is 1.65 bits per heavy atom. The molecule has 0 aromatic heterocycles. The quantitative estimate of drug-likeness (QED) is 0.0910. The molecule has 0 saturated carbocycles. The van der Waals surface area contributed by atoms with Crippen molar-refractivity contribution in [1.82, 2.24) is 9.80 Å². The van der Waals surface area contributed by atoms with E-state index in [0.29, 0.717) is 0 Å². The van der Waals surface area contributed by atoms with Crippen molar-refractivity contribution in [3.05, 3.63) is 75.4 Å². The third kappa shape index (κ3) is 12.4. The Hall–Kier alpha value is -1.80. The molecule has 0 saturated heterocycles. The van der Waals surface area contributed by atoms with Crippen LogP contribution in [0, 0.1) is 0 Å². The van der Waals surface area contributed by atoms with E-state index in [1.54, 1.807) is 0 Å². The Balaban J connectivity index is 0.00000576. The van der Waals surface area contributed by atoms with Crippen LogP contribution in [0.4, 0.5) is 0 Å². The predicted molar refractivity (Wildman–Crippen MR) is 144 cm³/mol. The van der Waals surface area contributed by atoms with Gasteiger partial charge in [0.05, 0.1) is 29.4 Å². The number of phenols is 1. The third-order valence-electron chi connectivity index (χ3n) is 6.73. The number of carbonyl (C=O) groups is 5. The summed E-state index contributed by atoms with van der Waals surface area (Å²) in [5.41, 5.74) is -0.515. The summed E-state index contributed by atoms with van der Waals surface area (Å²) in [6.45, 7) is -4.25. The van der Waals surface area contributed by atoms with E-state index in [2.05, 4.69) is 0 Å². The van der Waals surface area contributed by atoms with Gasteiger partial charge in [0, 0.05) is 79.0 Å². The number of benzene rings is 3. The maximum atomic E-state index is 13.0. The van der Waals surface area contributed by atoms with Crippen molar-refractivity contribution in [2.24, 2.45) is 0 Å². The van der Waals surface area contributed by atoms with E-state index in [9.17, 15) is 59.4 Å². The predicted octanol–water partition coefficient (Wildman–Crippen LogP) is -15.4. The van der Waals surface area contributed by atoms with Gasteiger partial charge in [-0.05, 0) is 23.8 Å². The molecule has 0 atom stereocenters. The summed E-state index contributed by atoms with van der Waals surface area (Å²) in [4.78, 5) is 71.9. The van der Waals surface area contributed by atoms with Crippen LogP contribution in [0.2, 0.25) is 0 Å². The zero-order chi connectivity index (χ0) is 33.0. The Morgan fingerprint density at radius 2 is 1.16 bits per heavy atom. The molecule has 4 rings (SSSR count). The first-order valence-corrected chi connectivity index (χ1v) is 13.1. The monoisotopic (exact) mass is 710 g/mol. The first-order valence-electron chi connectivity index (χ1n) is 13.1. The molecule has 19 heteroatoms. The second-order valence-corrected chi connectivity index (χ2v) is 10.0. The molecule has 0 radical (unpaired) electrons. The van der Waals surface area contributed by atoms with Crippen LogP contribution in [0.5, 0.6) is 5.75 Å². The Labute approximate surface area is 366 Å². The standard InChI is InChI=1S/C30H26N2O13.4Na/c33-21-7-23-19(5-15(21)9-31(11-25(35)36)12-26(37)38)29(17-3-1-2-4-18(17)30(43)44)20-6-16(22(34)8-24(20)45-23)10-32(13-27(39)40)14-28(41)42;;;;/h1-8,33H,9-14H2,(H,35,36)(H,37,38)(H,39,40)(H,41,42)(H,43,44);;;;/q;4*+1/p-4. The van der Waals surface area contributed by atoms with Crippen LogP contribution < -0.4 is 144 Å². The van der Waals surface area contributed by atoms with E-state index < -0.39 is 80.3 Å². The van der Waals surface area contributed by atoms with Gasteiger partial charge >= 0.3 is 124 Å². The van der Waals surface area contributed by atoms with Crippen molar-refractivity contribution in [1.29, 1.82) is 0 Å². The summed E-state index contributed by atoms with van der Waals surface area (Å²) in [6, 6.07) is 10.6. The van der Waals surface area contributed by atoms with Gasteiger partial charge < -0.3 is 54.2 Å². The van der Waals surface area contributed by atoms with Crippen molar-refractivity contribution in [3.8, 4) is 28.2 Å². The van der Waals surface area contributed by atoms with E-state index in [-0.39, 0.29) is 168 Å². The van der Waals surface area contributed by atoms with E-state index in [1.807, 2.05) is 0 Å². The molecule has 49 heavy (non-hydrogen) atoms. The molecular weight excluding hydrogens is 688 g/mol. The number of aromatic hydroxyl groups is 1. The number of aliphatic carboxylic acids is 4. The minimum absolute atomic E-state index is 0. The van der Waals surface area contributed by atoms with Crippen LogP contribution in [0.3, 0.4) is 0 Å². The maximum Gasteiger partial charge on any atom is 1.00 e. The van der Waals surface area contributed by atoms with Crippen LogP contribution >= 0.6 is 0 Å². The largest absolute Gasteiger partial charge is 1.00 e. The van der Waals surface area contributed by atoms with Crippen LogP contribution in [0.25, 0.3) is 33.4 Å². The average molecular weight is 710 g/mol. The van der Waals surface area contributed by atoms with E-state index >= 15 is 0 Å². The molecule has 234 valence electrons. The fraction of sp³-hybridized carbons (Fsp3) is 0.200. The number of carboxylic acids is 5. The van der Waals surface area contributed by atoms with Gasteiger partial charge in [0.25, 0.3) is 0 Å². The number of fused-ring (bicyclic) bond motifs is 2. The normalized spacial score (nSPS) is 10.4. The van der Waals surface area contributed by atoms with E-state index in [0.717, 1.165) is 21.9 Å². The molecular formula is C30H22N2Na4O13. The molecule has 1 aliphatic heterocycles. The zero-order valence-corrected chi connectivity index (χ0v) is 35.1. The summed E-state index contributed by atoms with van der Waals surface area (Å²) >= 11 is 0. The molecule has 0 unspecified atom stereocenters. The fourth-order valence-electron chi connectivity index (χ4n) is 5.02. The second-order valence-electron chi connectivity index (χ2n) is 10.0. The summed E-state index contributed by atoms with van der Waals surface area (Å²) in [6.07, 6.45) is 0. The molecule has 2 aromatic rings.